The van der Waals surface area contributed by atoms with Crippen molar-refractivity contribution in [2.45, 2.75) is 26.2 Å². The monoisotopic (exact) mass is 296 g/mol. The fourth-order valence-corrected chi connectivity index (χ4v) is 1.73. The van der Waals surface area contributed by atoms with Gasteiger partial charge in [0.05, 0.1) is 33.0 Å². The van der Waals surface area contributed by atoms with E-state index in [4.69, 9.17) is 18.9 Å². The quantitative estimate of drug-likeness (QED) is 0.494. The van der Waals surface area contributed by atoms with Crippen LogP contribution in [-0.4, -0.2) is 46.2 Å². The maximum absolute atomic E-state index is 5.51. The zero-order valence-electron chi connectivity index (χ0n) is 13.1. The minimum Gasteiger partial charge on any atom is -0.491 e. The second-order valence-corrected chi connectivity index (χ2v) is 4.71. The Morgan fingerprint density at radius 2 is 1.24 bits per heavy atom. The lowest BCUT2D eigenvalue weighted by Gasteiger charge is -2.08. The van der Waals surface area contributed by atoms with Crippen molar-refractivity contribution in [2.75, 3.05) is 46.2 Å². The van der Waals surface area contributed by atoms with E-state index in [1.165, 1.54) is 12.8 Å². The van der Waals surface area contributed by atoms with Crippen LogP contribution in [0.4, 0.5) is 0 Å². The first-order valence-electron chi connectivity index (χ1n) is 7.84. The highest BCUT2D eigenvalue weighted by Crippen LogP contribution is 2.07. The second kappa shape index (κ2) is 13.9. The molecule has 0 bridgehead atoms. The zero-order valence-corrected chi connectivity index (χ0v) is 13.1. The molecule has 0 fully saturated rings. The van der Waals surface area contributed by atoms with Crippen LogP contribution in [0.1, 0.15) is 26.2 Å². The molecule has 0 spiro atoms. The second-order valence-electron chi connectivity index (χ2n) is 4.71. The molecule has 0 aliphatic rings. The molecule has 0 saturated carbocycles. The highest BCUT2D eigenvalue weighted by molar-refractivity contribution is 5.20. The van der Waals surface area contributed by atoms with Gasteiger partial charge < -0.3 is 18.9 Å². The standard InChI is InChI=1S/C17H28O4/c1-2-3-7-10-18-11-12-19-13-14-20-15-16-21-17-8-5-4-6-9-17/h4-6,8-9H,2-3,7,10-16H2,1H3. The van der Waals surface area contributed by atoms with Crippen molar-refractivity contribution in [1.82, 2.24) is 0 Å². The first-order chi connectivity index (χ1) is 10.4. The molecule has 0 amide bonds. The molecule has 0 N–H and O–H groups in total. The van der Waals surface area contributed by atoms with Gasteiger partial charge in [0.2, 0.25) is 0 Å². The van der Waals surface area contributed by atoms with Crippen LogP contribution in [0.3, 0.4) is 0 Å². The first kappa shape index (κ1) is 18.0. The van der Waals surface area contributed by atoms with Gasteiger partial charge in [-0.1, -0.05) is 38.0 Å². The van der Waals surface area contributed by atoms with E-state index < -0.39 is 0 Å². The normalized spacial score (nSPS) is 10.7. The van der Waals surface area contributed by atoms with Crippen LogP contribution >= 0.6 is 0 Å². The summed E-state index contributed by atoms with van der Waals surface area (Å²) < 4.78 is 21.8. The summed E-state index contributed by atoms with van der Waals surface area (Å²) in [4.78, 5) is 0. The summed E-state index contributed by atoms with van der Waals surface area (Å²) in [5.74, 6) is 0.873. The molecular formula is C17H28O4. The Labute approximate surface area is 128 Å². The minimum absolute atomic E-state index is 0.560. The third-order valence-corrected chi connectivity index (χ3v) is 2.88. The predicted octanol–water partition coefficient (Wildman–Crippen LogP) is 3.31. The molecule has 1 rings (SSSR count). The number of benzene rings is 1. The number of unbranched alkanes of at least 4 members (excludes halogenated alkanes) is 2. The molecule has 4 heteroatoms. The zero-order chi connectivity index (χ0) is 15.0. The molecule has 0 aliphatic carbocycles. The summed E-state index contributed by atoms with van der Waals surface area (Å²) in [7, 11) is 0. The van der Waals surface area contributed by atoms with Crippen molar-refractivity contribution >= 4 is 0 Å². The van der Waals surface area contributed by atoms with Crippen LogP contribution in [0.5, 0.6) is 5.75 Å². The number of para-hydroxylation sites is 1. The van der Waals surface area contributed by atoms with E-state index in [0.717, 1.165) is 18.8 Å². The molecule has 0 atom stereocenters. The highest BCUT2D eigenvalue weighted by atomic mass is 16.6. The molecule has 0 heterocycles. The van der Waals surface area contributed by atoms with Crippen molar-refractivity contribution in [3.05, 3.63) is 30.3 Å². The maximum atomic E-state index is 5.51. The van der Waals surface area contributed by atoms with E-state index in [-0.39, 0.29) is 0 Å². The van der Waals surface area contributed by atoms with Crippen LogP contribution in [0.25, 0.3) is 0 Å². The molecule has 0 unspecified atom stereocenters. The van der Waals surface area contributed by atoms with Gasteiger partial charge in [-0.05, 0) is 18.6 Å². The number of hydrogen-bond acceptors (Lipinski definition) is 4. The van der Waals surface area contributed by atoms with Gasteiger partial charge in [-0.25, -0.2) is 0 Å². The Bertz CT molecular complexity index is 316. The van der Waals surface area contributed by atoms with Crippen LogP contribution in [0, 0.1) is 0 Å². The van der Waals surface area contributed by atoms with Gasteiger partial charge in [0, 0.05) is 6.61 Å². The molecule has 21 heavy (non-hydrogen) atoms. The molecule has 1 aromatic rings. The topological polar surface area (TPSA) is 36.9 Å². The van der Waals surface area contributed by atoms with E-state index in [2.05, 4.69) is 6.92 Å². The van der Waals surface area contributed by atoms with E-state index in [1.54, 1.807) is 0 Å². The van der Waals surface area contributed by atoms with Gasteiger partial charge in [0.25, 0.3) is 0 Å². The molecule has 4 nitrogen and oxygen atoms in total. The van der Waals surface area contributed by atoms with Gasteiger partial charge in [0.1, 0.15) is 12.4 Å². The third kappa shape index (κ3) is 11.3. The van der Waals surface area contributed by atoms with Gasteiger partial charge >= 0.3 is 0 Å². The molecule has 0 aliphatic heterocycles. The third-order valence-electron chi connectivity index (χ3n) is 2.88. The Balaban J connectivity index is 1.75. The largest absolute Gasteiger partial charge is 0.491 e. The minimum atomic E-state index is 0.560. The van der Waals surface area contributed by atoms with E-state index in [9.17, 15) is 0 Å². The van der Waals surface area contributed by atoms with Crippen molar-refractivity contribution in [3.8, 4) is 5.75 Å². The van der Waals surface area contributed by atoms with Gasteiger partial charge in [-0.15, -0.1) is 0 Å². The van der Waals surface area contributed by atoms with Gasteiger partial charge in [0.15, 0.2) is 0 Å². The smallest absolute Gasteiger partial charge is 0.119 e. The Hall–Kier alpha value is -1.10. The van der Waals surface area contributed by atoms with Crippen LogP contribution in [0.2, 0.25) is 0 Å². The fourth-order valence-electron chi connectivity index (χ4n) is 1.73. The molecule has 0 saturated heterocycles. The SMILES string of the molecule is CCCCCOCCOCCOCCOc1ccccc1. The lowest BCUT2D eigenvalue weighted by Crippen LogP contribution is -2.12. The summed E-state index contributed by atoms with van der Waals surface area (Å²) >= 11 is 0. The van der Waals surface area contributed by atoms with E-state index >= 15 is 0 Å². The summed E-state index contributed by atoms with van der Waals surface area (Å²) in [6.07, 6.45) is 3.60. The molecule has 120 valence electrons. The summed E-state index contributed by atoms with van der Waals surface area (Å²) in [5.41, 5.74) is 0. The van der Waals surface area contributed by atoms with E-state index in [0.29, 0.717) is 39.6 Å². The number of rotatable bonds is 14. The summed E-state index contributed by atoms with van der Waals surface area (Å²) in [6.45, 7) is 6.66. The Morgan fingerprint density at radius 3 is 1.86 bits per heavy atom. The van der Waals surface area contributed by atoms with E-state index in [1.807, 2.05) is 30.3 Å². The average Bonchev–Trinajstić information content (AvgIpc) is 2.53. The Kier molecular flexibility index (Phi) is 11.9. The lowest BCUT2D eigenvalue weighted by molar-refractivity contribution is 0.00882. The molecule has 1 aromatic carbocycles. The highest BCUT2D eigenvalue weighted by Gasteiger charge is 1.94. The summed E-state index contributed by atoms with van der Waals surface area (Å²) in [5, 5.41) is 0. The van der Waals surface area contributed by atoms with Crippen LogP contribution in [-0.2, 0) is 14.2 Å². The first-order valence-corrected chi connectivity index (χ1v) is 7.84. The van der Waals surface area contributed by atoms with Crippen molar-refractivity contribution in [3.63, 3.8) is 0 Å². The number of ether oxygens (including phenoxy) is 4. The van der Waals surface area contributed by atoms with Crippen LogP contribution < -0.4 is 4.74 Å². The van der Waals surface area contributed by atoms with Crippen molar-refractivity contribution in [2.24, 2.45) is 0 Å². The number of hydrogen-bond donors (Lipinski definition) is 0. The predicted molar refractivity (Wildman–Crippen MR) is 83.9 cm³/mol. The van der Waals surface area contributed by atoms with Crippen molar-refractivity contribution in [1.29, 1.82) is 0 Å². The lowest BCUT2D eigenvalue weighted by atomic mass is 10.3. The summed E-state index contributed by atoms with van der Waals surface area (Å²) in [6, 6.07) is 9.74. The molecular weight excluding hydrogens is 268 g/mol. The molecule has 0 radical (unpaired) electrons. The van der Waals surface area contributed by atoms with Gasteiger partial charge in [-0.2, -0.15) is 0 Å². The molecule has 0 aromatic heterocycles. The van der Waals surface area contributed by atoms with Gasteiger partial charge in [-0.3, -0.25) is 0 Å². The van der Waals surface area contributed by atoms with Crippen molar-refractivity contribution < 1.29 is 18.9 Å². The Morgan fingerprint density at radius 1 is 0.667 bits per heavy atom. The fraction of sp³-hybridized carbons (Fsp3) is 0.647. The average molecular weight is 296 g/mol. The maximum Gasteiger partial charge on any atom is 0.119 e. The van der Waals surface area contributed by atoms with Crippen LogP contribution in [0.15, 0.2) is 30.3 Å².